The van der Waals surface area contributed by atoms with Crippen LogP contribution in [0.15, 0.2) is 66.7 Å². The van der Waals surface area contributed by atoms with Crippen LogP contribution in [0, 0.1) is 10.1 Å². The average Bonchev–Trinajstić information content (AvgIpc) is 2.84. The van der Waals surface area contributed by atoms with Crippen molar-refractivity contribution >= 4 is 54.6 Å². The third-order valence-corrected chi connectivity index (χ3v) is 7.04. The van der Waals surface area contributed by atoms with Crippen LogP contribution in [0.3, 0.4) is 0 Å². The molecule has 0 saturated carbocycles. The zero-order chi connectivity index (χ0) is 24.8. The highest BCUT2D eigenvalue weighted by Crippen LogP contribution is 2.34. The molecule has 1 aromatic heterocycles. The van der Waals surface area contributed by atoms with Crippen LogP contribution in [0.2, 0.25) is 0 Å². The summed E-state index contributed by atoms with van der Waals surface area (Å²) >= 11 is 0. The highest BCUT2D eigenvalue weighted by atomic mass is 32.2. The number of non-ortho nitro benzene ring substituents is 1. The molecular formula is C25H27N5O4S. The van der Waals surface area contributed by atoms with E-state index in [9.17, 15) is 18.5 Å². The molecule has 0 fully saturated rings. The Morgan fingerprint density at radius 1 is 0.857 bits per heavy atom. The maximum atomic E-state index is 12.4. The lowest BCUT2D eigenvalue weighted by molar-refractivity contribution is -0.384. The Kier molecular flexibility index (Phi) is 7.42. The second-order valence-electron chi connectivity index (χ2n) is 8.29. The summed E-state index contributed by atoms with van der Waals surface area (Å²) < 4.78 is 27.4. The molecule has 3 aromatic carbocycles. The molecule has 0 unspecified atom stereocenters. The second-order valence-corrected chi connectivity index (χ2v) is 10.1. The number of nitrogens with zero attached hydrogens (tertiary/aromatic N) is 2. The van der Waals surface area contributed by atoms with E-state index in [0.29, 0.717) is 29.7 Å². The Hall–Kier alpha value is -3.76. The van der Waals surface area contributed by atoms with E-state index in [1.807, 2.05) is 24.3 Å². The Balaban J connectivity index is 1.55. The number of aromatic nitrogens is 1. The average molecular weight is 494 g/mol. The SMILES string of the molecule is NCCCCCCS(=O)(=O)Nc1ccc(Nc2c3ccccc3nc3cc([N+](=O)[O-])ccc23)cc1. The van der Waals surface area contributed by atoms with Crippen LogP contribution in [-0.4, -0.2) is 30.6 Å². The first-order valence-electron chi connectivity index (χ1n) is 11.4. The molecule has 4 rings (SSSR count). The summed E-state index contributed by atoms with van der Waals surface area (Å²) in [5.41, 5.74) is 8.65. The van der Waals surface area contributed by atoms with E-state index in [2.05, 4.69) is 15.0 Å². The first kappa shape index (κ1) is 24.4. The minimum absolute atomic E-state index is 0.0257. The Labute approximate surface area is 203 Å². The maximum absolute atomic E-state index is 12.4. The van der Waals surface area contributed by atoms with E-state index < -0.39 is 14.9 Å². The normalized spacial score (nSPS) is 11.6. The van der Waals surface area contributed by atoms with E-state index in [1.165, 1.54) is 12.1 Å². The zero-order valence-electron chi connectivity index (χ0n) is 19.1. The lowest BCUT2D eigenvalue weighted by Gasteiger charge is -2.14. The summed E-state index contributed by atoms with van der Waals surface area (Å²) in [6.07, 6.45) is 3.26. The van der Waals surface area contributed by atoms with Gasteiger partial charge >= 0.3 is 0 Å². The zero-order valence-corrected chi connectivity index (χ0v) is 19.9. The van der Waals surface area contributed by atoms with Gasteiger partial charge in [-0.05, 0) is 55.8 Å². The van der Waals surface area contributed by atoms with Gasteiger partial charge in [0.2, 0.25) is 10.0 Å². The van der Waals surface area contributed by atoms with E-state index in [1.54, 1.807) is 30.3 Å². The number of para-hydroxylation sites is 1. The number of pyridine rings is 1. The minimum atomic E-state index is -3.43. The molecule has 10 heteroatoms. The van der Waals surface area contributed by atoms with Crippen LogP contribution < -0.4 is 15.8 Å². The van der Waals surface area contributed by atoms with E-state index >= 15 is 0 Å². The number of anilines is 3. The van der Waals surface area contributed by atoms with Gasteiger partial charge in [0, 0.05) is 34.3 Å². The van der Waals surface area contributed by atoms with E-state index in [4.69, 9.17) is 5.73 Å². The van der Waals surface area contributed by atoms with Crippen LogP contribution in [0.5, 0.6) is 0 Å². The van der Waals surface area contributed by atoms with Crippen molar-refractivity contribution in [2.75, 3.05) is 22.3 Å². The predicted molar refractivity (Wildman–Crippen MR) is 141 cm³/mol. The number of nitrogens with two attached hydrogens (primary N) is 1. The molecule has 35 heavy (non-hydrogen) atoms. The number of hydrogen-bond donors (Lipinski definition) is 3. The smallest absolute Gasteiger partial charge is 0.271 e. The number of benzene rings is 3. The molecule has 4 aromatic rings. The molecule has 0 aliphatic heterocycles. The minimum Gasteiger partial charge on any atom is -0.354 e. The Morgan fingerprint density at radius 3 is 2.29 bits per heavy atom. The summed E-state index contributed by atoms with van der Waals surface area (Å²) in [6, 6.07) is 19.1. The maximum Gasteiger partial charge on any atom is 0.271 e. The fourth-order valence-electron chi connectivity index (χ4n) is 3.92. The van der Waals surface area contributed by atoms with Gasteiger partial charge in [-0.3, -0.25) is 14.8 Å². The van der Waals surface area contributed by atoms with Gasteiger partial charge in [-0.2, -0.15) is 0 Å². The number of hydrogen-bond acceptors (Lipinski definition) is 7. The first-order valence-corrected chi connectivity index (χ1v) is 13.1. The molecule has 0 amide bonds. The largest absolute Gasteiger partial charge is 0.354 e. The van der Waals surface area contributed by atoms with Crippen molar-refractivity contribution in [1.29, 1.82) is 0 Å². The summed E-state index contributed by atoms with van der Waals surface area (Å²) in [5, 5.41) is 16.2. The number of rotatable bonds is 11. The molecule has 182 valence electrons. The van der Waals surface area contributed by atoms with Crippen molar-refractivity contribution in [3.8, 4) is 0 Å². The molecule has 0 atom stereocenters. The molecule has 4 N–H and O–H groups in total. The molecule has 1 heterocycles. The number of nitrogens with one attached hydrogen (secondary N) is 2. The summed E-state index contributed by atoms with van der Waals surface area (Å²) in [7, 11) is -3.43. The monoisotopic (exact) mass is 493 g/mol. The lowest BCUT2D eigenvalue weighted by Crippen LogP contribution is -2.16. The van der Waals surface area contributed by atoms with Gasteiger partial charge in [0.1, 0.15) is 0 Å². The molecule has 9 nitrogen and oxygen atoms in total. The number of nitro benzene ring substituents is 1. The molecule has 0 bridgehead atoms. The lowest BCUT2D eigenvalue weighted by atomic mass is 10.1. The van der Waals surface area contributed by atoms with Gasteiger partial charge in [-0.25, -0.2) is 13.4 Å². The third kappa shape index (κ3) is 6.03. The second kappa shape index (κ2) is 10.7. The van der Waals surface area contributed by atoms with Gasteiger partial charge < -0.3 is 11.1 Å². The molecule has 0 aliphatic rings. The molecule has 0 spiro atoms. The summed E-state index contributed by atoms with van der Waals surface area (Å²) in [4.78, 5) is 15.4. The molecule has 0 saturated heterocycles. The Morgan fingerprint density at radius 2 is 1.54 bits per heavy atom. The number of sulfonamides is 1. The Bertz CT molecular complexity index is 1460. The topological polar surface area (TPSA) is 140 Å². The standard InChI is InChI=1S/C25H27N5O4S/c26-15-5-1-2-6-16-35(33,34)29-19-11-9-18(10-12-19)27-25-21-7-3-4-8-23(21)28-24-17-20(30(31)32)13-14-22(24)25/h3-4,7-14,17,29H,1-2,5-6,15-16,26H2,(H,27,28). The predicted octanol–water partition coefficient (Wildman–Crippen LogP) is 5.30. The highest BCUT2D eigenvalue weighted by molar-refractivity contribution is 7.92. The van der Waals surface area contributed by atoms with Crippen LogP contribution >= 0.6 is 0 Å². The van der Waals surface area contributed by atoms with Crippen molar-refractivity contribution in [2.24, 2.45) is 5.73 Å². The third-order valence-electron chi connectivity index (χ3n) is 5.67. The molecule has 0 radical (unpaired) electrons. The van der Waals surface area contributed by atoms with Crippen LogP contribution in [0.4, 0.5) is 22.7 Å². The summed E-state index contributed by atoms with van der Waals surface area (Å²) in [6.45, 7) is 0.621. The van der Waals surface area contributed by atoms with Gasteiger partial charge in [0.15, 0.2) is 0 Å². The first-order chi connectivity index (χ1) is 16.9. The van der Waals surface area contributed by atoms with Crippen LogP contribution in [0.25, 0.3) is 21.8 Å². The number of unbranched alkanes of at least 4 members (excludes halogenated alkanes) is 3. The van der Waals surface area contributed by atoms with Gasteiger partial charge in [0.05, 0.1) is 27.4 Å². The van der Waals surface area contributed by atoms with Crippen LogP contribution in [-0.2, 0) is 10.0 Å². The van der Waals surface area contributed by atoms with Crippen LogP contribution in [0.1, 0.15) is 25.7 Å². The van der Waals surface area contributed by atoms with Gasteiger partial charge in [-0.1, -0.05) is 31.0 Å². The highest BCUT2D eigenvalue weighted by Gasteiger charge is 2.14. The van der Waals surface area contributed by atoms with E-state index in [-0.39, 0.29) is 11.4 Å². The summed E-state index contributed by atoms with van der Waals surface area (Å²) in [5.74, 6) is 0.0682. The van der Waals surface area contributed by atoms with Crippen molar-refractivity contribution in [3.63, 3.8) is 0 Å². The van der Waals surface area contributed by atoms with Crippen molar-refractivity contribution in [2.45, 2.75) is 25.7 Å². The van der Waals surface area contributed by atoms with Crippen molar-refractivity contribution in [1.82, 2.24) is 4.98 Å². The molecular weight excluding hydrogens is 466 g/mol. The quantitative estimate of drug-likeness (QED) is 0.111. The number of nitro groups is 1. The van der Waals surface area contributed by atoms with Gasteiger partial charge in [-0.15, -0.1) is 0 Å². The fraction of sp³-hybridized carbons (Fsp3) is 0.240. The van der Waals surface area contributed by atoms with Crippen molar-refractivity contribution < 1.29 is 13.3 Å². The number of fused-ring (bicyclic) bond motifs is 2. The van der Waals surface area contributed by atoms with Gasteiger partial charge in [0.25, 0.3) is 5.69 Å². The fourth-order valence-corrected chi connectivity index (χ4v) is 5.10. The van der Waals surface area contributed by atoms with E-state index in [0.717, 1.165) is 41.4 Å². The van der Waals surface area contributed by atoms with Crippen molar-refractivity contribution in [3.05, 3.63) is 76.8 Å². The molecule has 0 aliphatic carbocycles.